The summed E-state index contributed by atoms with van der Waals surface area (Å²) in [6, 6.07) is 4.81. The van der Waals surface area contributed by atoms with E-state index in [2.05, 4.69) is 18.7 Å². The van der Waals surface area contributed by atoms with E-state index in [0.29, 0.717) is 5.56 Å². The highest BCUT2D eigenvalue weighted by molar-refractivity contribution is 5.34. The maximum atomic E-state index is 14.5. The van der Waals surface area contributed by atoms with E-state index < -0.39 is 0 Å². The highest BCUT2D eigenvalue weighted by atomic mass is 19.1. The Balaban J connectivity index is 2.26. The van der Waals surface area contributed by atoms with Gasteiger partial charge in [0.2, 0.25) is 0 Å². The zero-order chi connectivity index (χ0) is 15.5. The van der Waals surface area contributed by atoms with Gasteiger partial charge in [0, 0.05) is 11.1 Å². The van der Waals surface area contributed by atoms with Crippen LogP contribution in [0.3, 0.4) is 0 Å². The van der Waals surface area contributed by atoms with Gasteiger partial charge in [0.1, 0.15) is 0 Å². The van der Waals surface area contributed by atoms with Crippen molar-refractivity contribution in [2.75, 3.05) is 20.2 Å². The normalized spacial score (nSPS) is 19.1. The van der Waals surface area contributed by atoms with Gasteiger partial charge in [-0.3, -0.25) is 4.90 Å². The van der Waals surface area contributed by atoms with Crippen LogP contribution in [-0.4, -0.2) is 30.6 Å². The lowest BCUT2D eigenvalue weighted by molar-refractivity contribution is 0.0965. The molecular formula is C17H27FN2O. The number of methoxy groups -OCH3 is 1. The maximum Gasteiger partial charge on any atom is 0.169 e. The zero-order valence-electron chi connectivity index (χ0n) is 13.4. The molecule has 0 radical (unpaired) electrons. The molecule has 0 aliphatic carbocycles. The van der Waals surface area contributed by atoms with Crippen molar-refractivity contribution in [3.8, 4) is 5.75 Å². The van der Waals surface area contributed by atoms with Gasteiger partial charge in [-0.1, -0.05) is 25.0 Å². The van der Waals surface area contributed by atoms with Gasteiger partial charge in [0.05, 0.1) is 13.2 Å². The molecule has 1 unspecified atom stereocenters. The van der Waals surface area contributed by atoms with E-state index in [9.17, 15) is 4.39 Å². The Labute approximate surface area is 127 Å². The average Bonchev–Trinajstić information content (AvgIpc) is 2.76. The van der Waals surface area contributed by atoms with Gasteiger partial charge in [0.25, 0.3) is 0 Å². The molecule has 1 aromatic rings. The average molecular weight is 294 g/mol. The molecule has 3 nitrogen and oxygen atoms in total. The van der Waals surface area contributed by atoms with Gasteiger partial charge in [-0.25, -0.2) is 4.39 Å². The van der Waals surface area contributed by atoms with E-state index in [0.717, 1.165) is 13.1 Å². The predicted octanol–water partition coefficient (Wildman–Crippen LogP) is 3.49. The van der Waals surface area contributed by atoms with Crippen molar-refractivity contribution in [1.29, 1.82) is 0 Å². The van der Waals surface area contributed by atoms with Crippen LogP contribution in [0.15, 0.2) is 18.2 Å². The van der Waals surface area contributed by atoms with Gasteiger partial charge < -0.3 is 10.5 Å². The first-order valence-electron chi connectivity index (χ1n) is 7.81. The second kappa shape index (κ2) is 6.75. The van der Waals surface area contributed by atoms with Crippen molar-refractivity contribution in [1.82, 2.24) is 4.90 Å². The summed E-state index contributed by atoms with van der Waals surface area (Å²) in [6.45, 7) is 6.29. The standard InChI is InChI=1S/C17H27FN2O/c1-17(2,20-11-6-4-5-7-12-20)16(19)13-9-8-10-14(21-3)15(13)18/h8-10,16H,4-7,11-12,19H2,1-3H3. The first kappa shape index (κ1) is 16.2. The third-order valence-electron chi connectivity index (χ3n) is 4.73. The summed E-state index contributed by atoms with van der Waals surface area (Å²) in [6.07, 6.45) is 4.93. The van der Waals surface area contributed by atoms with Crippen LogP contribution in [0, 0.1) is 5.82 Å². The molecule has 1 fully saturated rings. The van der Waals surface area contributed by atoms with Crippen LogP contribution in [0.4, 0.5) is 4.39 Å². The molecular weight excluding hydrogens is 267 g/mol. The third-order valence-corrected chi connectivity index (χ3v) is 4.73. The van der Waals surface area contributed by atoms with E-state index in [1.54, 1.807) is 18.2 Å². The maximum absolute atomic E-state index is 14.5. The number of nitrogens with two attached hydrogens (primary N) is 1. The number of hydrogen-bond donors (Lipinski definition) is 1. The smallest absolute Gasteiger partial charge is 0.169 e. The minimum atomic E-state index is -0.384. The molecule has 1 saturated heterocycles. The summed E-state index contributed by atoms with van der Waals surface area (Å²) in [5.41, 5.74) is 6.69. The first-order chi connectivity index (χ1) is 9.98. The Kier molecular flexibility index (Phi) is 5.22. The van der Waals surface area contributed by atoms with Crippen LogP contribution in [-0.2, 0) is 0 Å². The van der Waals surface area contributed by atoms with E-state index in [-0.39, 0.29) is 23.1 Å². The summed E-state index contributed by atoms with van der Waals surface area (Å²) in [4.78, 5) is 2.41. The quantitative estimate of drug-likeness (QED) is 0.924. The number of likely N-dealkylation sites (tertiary alicyclic amines) is 1. The molecule has 118 valence electrons. The lowest BCUT2D eigenvalue weighted by atomic mass is 9.87. The molecule has 1 aliphatic heterocycles. The molecule has 1 aliphatic rings. The highest BCUT2D eigenvalue weighted by Gasteiger charge is 2.36. The van der Waals surface area contributed by atoms with E-state index in [1.807, 2.05) is 0 Å². The Bertz CT molecular complexity index is 468. The predicted molar refractivity (Wildman–Crippen MR) is 84.0 cm³/mol. The fourth-order valence-corrected chi connectivity index (χ4v) is 3.15. The van der Waals surface area contributed by atoms with Gasteiger partial charge in [-0.2, -0.15) is 0 Å². The Morgan fingerprint density at radius 2 is 1.81 bits per heavy atom. The molecule has 0 saturated carbocycles. The van der Waals surface area contributed by atoms with Crippen LogP contribution in [0.1, 0.15) is 51.1 Å². The molecule has 1 atom stereocenters. The van der Waals surface area contributed by atoms with Gasteiger partial charge in [-0.05, 0) is 45.8 Å². The number of halogens is 1. The number of rotatable bonds is 4. The molecule has 1 aromatic carbocycles. The van der Waals surface area contributed by atoms with Crippen molar-refractivity contribution in [2.45, 2.75) is 51.1 Å². The molecule has 0 spiro atoms. The summed E-state index contributed by atoms with van der Waals surface area (Å²) >= 11 is 0. The van der Waals surface area contributed by atoms with Gasteiger partial charge >= 0.3 is 0 Å². The fourth-order valence-electron chi connectivity index (χ4n) is 3.15. The summed E-state index contributed by atoms with van der Waals surface area (Å²) in [5.74, 6) is -0.0787. The third kappa shape index (κ3) is 3.38. The molecule has 0 aromatic heterocycles. The first-order valence-corrected chi connectivity index (χ1v) is 7.81. The Morgan fingerprint density at radius 1 is 1.19 bits per heavy atom. The second-order valence-electron chi connectivity index (χ2n) is 6.40. The fraction of sp³-hybridized carbons (Fsp3) is 0.647. The number of hydrogen-bond acceptors (Lipinski definition) is 3. The number of ether oxygens (including phenoxy) is 1. The van der Waals surface area contributed by atoms with Crippen LogP contribution in [0.25, 0.3) is 0 Å². The largest absolute Gasteiger partial charge is 0.494 e. The van der Waals surface area contributed by atoms with Crippen LogP contribution >= 0.6 is 0 Å². The molecule has 1 heterocycles. The second-order valence-corrected chi connectivity index (χ2v) is 6.40. The molecule has 4 heteroatoms. The summed E-state index contributed by atoms with van der Waals surface area (Å²) < 4.78 is 19.5. The van der Waals surface area contributed by atoms with Gasteiger partial charge in [0.15, 0.2) is 11.6 Å². The lowest BCUT2D eigenvalue weighted by Crippen LogP contribution is -2.51. The number of benzene rings is 1. The van der Waals surface area contributed by atoms with Crippen LogP contribution in [0.2, 0.25) is 0 Å². The summed E-state index contributed by atoms with van der Waals surface area (Å²) in [7, 11) is 1.48. The van der Waals surface area contributed by atoms with Crippen LogP contribution in [0.5, 0.6) is 5.75 Å². The van der Waals surface area contributed by atoms with Crippen molar-refractivity contribution < 1.29 is 9.13 Å². The van der Waals surface area contributed by atoms with Crippen molar-refractivity contribution in [3.05, 3.63) is 29.6 Å². The molecule has 2 rings (SSSR count). The molecule has 2 N–H and O–H groups in total. The Hall–Kier alpha value is -1.13. The van der Waals surface area contributed by atoms with Crippen molar-refractivity contribution >= 4 is 0 Å². The molecule has 0 amide bonds. The van der Waals surface area contributed by atoms with E-state index in [1.165, 1.54) is 32.8 Å². The van der Waals surface area contributed by atoms with E-state index >= 15 is 0 Å². The van der Waals surface area contributed by atoms with Gasteiger partial charge in [-0.15, -0.1) is 0 Å². The van der Waals surface area contributed by atoms with E-state index in [4.69, 9.17) is 10.5 Å². The van der Waals surface area contributed by atoms with Crippen molar-refractivity contribution in [3.63, 3.8) is 0 Å². The molecule has 21 heavy (non-hydrogen) atoms. The minimum Gasteiger partial charge on any atom is -0.494 e. The van der Waals surface area contributed by atoms with Crippen molar-refractivity contribution in [2.24, 2.45) is 5.73 Å². The monoisotopic (exact) mass is 294 g/mol. The summed E-state index contributed by atoms with van der Waals surface area (Å²) in [5, 5.41) is 0. The number of nitrogens with zero attached hydrogens (tertiary/aromatic N) is 1. The molecule has 0 bridgehead atoms. The van der Waals surface area contributed by atoms with Crippen LogP contribution < -0.4 is 10.5 Å². The SMILES string of the molecule is COc1cccc(C(N)C(C)(C)N2CCCCCC2)c1F. The lowest BCUT2D eigenvalue weighted by Gasteiger charge is -2.42. The minimum absolute atomic E-state index is 0.259. The highest BCUT2D eigenvalue weighted by Crippen LogP contribution is 2.34. The topological polar surface area (TPSA) is 38.5 Å². The zero-order valence-corrected chi connectivity index (χ0v) is 13.4. The Morgan fingerprint density at radius 3 is 2.38 bits per heavy atom.